The molecule has 0 fully saturated rings. The quantitative estimate of drug-likeness (QED) is 0.777. The topological polar surface area (TPSA) is 81.0 Å². The van der Waals surface area contributed by atoms with Crippen molar-refractivity contribution in [1.29, 1.82) is 0 Å². The fraction of sp³-hybridized carbons (Fsp3) is 0.150. The maximum Gasteiger partial charge on any atom is 0.344 e. The Hall–Kier alpha value is -3.06. The monoisotopic (exact) mass is 382 g/mol. The van der Waals surface area contributed by atoms with Crippen LogP contribution in [0.4, 0.5) is 5.69 Å². The molecule has 1 aliphatic rings. The molecule has 1 aliphatic heterocycles. The zero-order valence-corrected chi connectivity index (χ0v) is 15.7. The third-order valence-corrected chi connectivity index (χ3v) is 4.68. The summed E-state index contributed by atoms with van der Waals surface area (Å²) >= 11 is 1.21. The molecular formula is C20H18N2O4S. The minimum atomic E-state index is -0.607. The number of esters is 1. The molecule has 1 N–H and O–H groups in total. The van der Waals surface area contributed by atoms with Crippen LogP contribution >= 0.6 is 11.8 Å². The van der Waals surface area contributed by atoms with Crippen LogP contribution in [0.2, 0.25) is 0 Å². The molecule has 138 valence electrons. The number of aliphatic imine (C=N–C) groups is 1. The van der Waals surface area contributed by atoms with Crippen LogP contribution in [0.25, 0.3) is 6.08 Å². The van der Waals surface area contributed by atoms with Gasteiger partial charge >= 0.3 is 5.97 Å². The number of benzene rings is 1. The maximum atomic E-state index is 12.4. The van der Waals surface area contributed by atoms with E-state index in [1.54, 1.807) is 62.8 Å². The zero-order chi connectivity index (χ0) is 19.2. The minimum absolute atomic E-state index is 0.0628. The molecule has 0 atom stereocenters. The molecule has 27 heavy (non-hydrogen) atoms. The number of rotatable bonds is 5. The van der Waals surface area contributed by atoms with Crippen LogP contribution in [0.3, 0.4) is 0 Å². The molecule has 2 aromatic rings. The van der Waals surface area contributed by atoms with Crippen molar-refractivity contribution in [3.63, 3.8) is 0 Å². The van der Waals surface area contributed by atoms with E-state index in [9.17, 15) is 9.90 Å². The lowest BCUT2D eigenvalue weighted by Crippen LogP contribution is -2.12. The lowest BCUT2D eigenvalue weighted by molar-refractivity contribution is -0.138. The second-order valence-corrected chi connectivity index (χ2v) is 6.49. The molecule has 0 saturated heterocycles. The number of aliphatic hydroxyl groups is 1. The second-order valence-electron chi connectivity index (χ2n) is 5.46. The molecule has 6 nitrogen and oxygen atoms in total. The second kappa shape index (κ2) is 8.55. The van der Waals surface area contributed by atoms with E-state index in [0.29, 0.717) is 21.4 Å². The average molecular weight is 382 g/mol. The summed E-state index contributed by atoms with van der Waals surface area (Å²) < 4.78 is 10.2. The molecule has 1 aromatic carbocycles. The van der Waals surface area contributed by atoms with Crippen LogP contribution in [0.1, 0.15) is 12.5 Å². The number of hydrogen-bond donors (Lipinski definition) is 1. The summed E-state index contributed by atoms with van der Waals surface area (Å²) in [7, 11) is 1.59. The van der Waals surface area contributed by atoms with Gasteiger partial charge in [-0.3, -0.25) is 4.98 Å². The third kappa shape index (κ3) is 4.38. The Morgan fingerprint density at radius 2 is 2.07 bits per heavy atom. The van der Waals surface area contributed by atoms with Gasteiger partial charge in [0.2, 0.25) is 0 Å². The summed E-state index contributed by atoms with van der Waals surface area (Å²) in [5.74, 6) is -0.0434. The highest BCUT2D eigenvalue weighted by atomic mass is 32.2. The number of hydrogen-bond acceptors (Lipinski definition) is 7. The van der Waals surface area contributed by atoms with Crippen molar-refractivity contribution >= 4 is 34.5 Å². The predicted molar refractivity (Wildman–Crippen MR) is 106 cm³/mol. The van der Waals surface area contributed by atoms with Crippen LogP contribution in [0.5, 0.6) is 5.75 Å². The first-order valence-electron chi connectivity index (χ1n) is 8.25. The molecule has 3 rings (SSSR count). The first kappa shape index (κ1) is 18.7. The number of pyridine rings is 1. The number of methoxy groups -OCH3 is 1. The number of aliphatic hydroxyl groups excluding tert-OH is 1. The smallest absolute Gasteiger partial charge is 0.344 e. The van der Waals surface area contributed by atoms with Crippen molar-refractivity contribution in [3.05, 3.63) is 70.6 Å². The van der Waals surface area contributed by atoms with Crippen LogP contribution in [-0.2, 0) is 9.53 Å². The number of carbonyl (C=O) groups excluding carboxylic acids is 1. The van der Waals surface area contributed by atoms with Gasteiger partial charge < -0.3 is 14.6 Å². The Morgan fingerprint density at radius 1 is 1.30 bits per heavy atom. The third-order valence-electron chi connectivity index (χ3n) is 3.66. The Labute approximate surface area is 161 Å². The Kier molecular flexibility index (Phi) is 5.93. The SMILES string of the molecule is CCOC(=O)C1=C(O)/C(=C\c2cccnc2)SC1=Nc1ccc(OC)cc1. The standard InChI is InChI=1S/C20H18N2O4S/c1-3-26-20(24)17-18(23)16(11-13-5-4-10-21-12-13)27-19(17)22-14-6-8-15(25-2)9-7-14/h4-12,23H,3H2,1-2H3/b16-11+,22-19?. The van der Waals surface area contributed by atoms with E-state index in [0.717, 1.165) is 5.56 Å². The first-order chi connectivity index (χ1) is 13.1. The molecule has 0 radical (unpaired) electrons. The van der Waals surface area contributed by atoms with Crippen LogP contribution < -0.4 is 4.74 Å². The van der Waals surface area contributed by atoms with Crippen LogP contribution in [-0.4, -0.2) is 34.8 Å². The van der Waals surface area contributed by atoms with Crippen LogP contribution in [0.15, 0.2) is 70.0 Å². The fourth-order valence-electron chi connectivity index (χ4n) is 2.38. The molecule has 0 saturated carbocycles. The highest BCUT2D eigenvalue weighted by Gasteiger charge is 2.33. The molecule has 0 aliphatic carbocycles. The number of nitrogens with zero attached hydrogens (tertiary/aromatic N) is 2. The lowest BCUT2D eigenvalue weighted by atomic mass is 10.2. The van der Waals surface area contributed by atoms with Gasteiger partial charge in [0, 0.05) is 12.4 Å². The lowest BCUT2D eigenvalue weighted by Gasteiger charge is -2.04. The number of ether oxygens (including phenoxy) is 2. The van der Waals surface area contributed by atoms with E-state index in [-0.39, 0.29) is 17.9 Å². The van der Waals surface area contributed by atoms with Crippen molar-refractivity contribution < 1.29 is 19.4 Å². The molecule has 0 amide bonds. The van der Waals surface area contributed by atoms with E-state index in [1.165, 1.54) is 11.8 Å². The van der Waals surface area contributed by atoms with E-state index in [2.05, 4.69) is 9.98 Å². The van der Waals surface area contributed by atoms with E-state index in [1.807, 2.05) is 6.07 Å². The van der Waals surface area contributed by atoms with E-state index >= 15 is 0 Å². The summed E-state index contributed by atoms with van der Waals surface area (Å²) in [6.07, 6.45) is 5.09. The largest absolute Gasteiger partial charge is 0.506 e. The summed E-state index contributed by atoms with van der Waals surface area (Å²) in [4.78, 5) is 21.4. The van der Waals surface area contributed by atoms with Gasteiger partial charge in [-0.05, 0) is 48.9 Å². The highest BCUT2D eigenvalue weighted by Crippen LogP contribution is 2.40. The summed E-state index contributed by atoms with van der Waals surface area (Å²) in [6, 6.07) is 10.8. The fourth-order valence-corrected chi connectivity index (χ4v) is 3.41. The highest BCUT2D eigenvalue weighted by molar-refractivity contribution is 8.18. The van der Waals surface area contributed by atoms with Crippen molar-refractivity contribution in [1.82, 2.24) is 4.98 Å². The van der Waals surface area contributed by atoms with Gasteiger partial charge in [0.1, 0.15) is 22.1 Å². The number of thioether (sulfide) groups is 1. The minimum Gasteiger partial charge on any atom is -0.506 e. The Bertz CT molecular complexity index is 919. The molecule has 2 heterocycles. The molecule has 1 aromatic heterocycles. The summed E-state index contributed by atoms with van der Waals surface area (Å²) in [5.41, 5.74) is 1.50. The van der Waals surface area contributed by atoms with Crippen LogP contribution in [0, 0.1) is 0 Å². The van der Waals surface area contributed by atoms with Gasteiger partial charge in [-0.15, -0.1) is 0 Å². The maximum absolute atomic E-state index is 12.4. The van der Waals surface area contributed by atoms with Gasteiger partial charge in [-0.1, -0.05) is 17.8 Å². The molecular weight excluding hydrogens is 364 g/mol. The summed E-state index contributed by atoms with van der Waals surface area (Å²) in [5, 5.41) is 11.0. The Balaban J connectivity index is 2.00. The predicted octanol–water partition coefficient (Wildman–Crippen LogP) is 4.28. The van der Waals surface area contributed by atoms with E-state index in [4.69, 9.17) is 9.47 Å². The van der Waals surface area contributed by atoms with Crippen molar-refractivity contribution in [2.75, 3.05) is 13.7 Å². The van der Waals surface area contributed by atoms with Gasteiger partial charge in [0.15, 0.2) is 0 Å². The summed E-state index contributed by atoms with van der Waals surface area (Å²) in [6.45, 7) is 1.92. The average Bonchev–Trinajstić information content (AvgIpc) is 2.98. The molecule has 0 spiro atoms. The zero-order valence-electron chi connectivity index (χ0n) is 14.9. The van der Waals surface area contributed by atoms with Crippen molar-refractivity contribution in [3.8, 4) is 5.75 Å². The van der Waals surface area contributed by atoms with E-state index < -0.39 is 5.97 Å². The van der Waals surface area contributed by atoms with Gasteiger partial charge in [-0.2, -0.15) is 0 Å². The Morgan fingerprint density at radius 3 is 2.70 bits per heavy atom. The molecule has 0 bridgehead atoms. The normalized spacial score (nSPS) is 16.8. The van der Waals surface area contributed by atoms with Gasteiger partial charge in [-0.25, -0.2) is 9.79 Å². The van der Waals surface area contributed by atoms with Crippen molar-refractivity contribution in [2.24, 2.45) is 4.99 Å². The molecule has 0 unspecified atom stereocenters. The molecule has 7 heteroatoms. The van der Waals surface area contributed by atoms with Crippen molar-refractivity contribution in [2.45, 2.75) is 6.92 Å². The first-order valence-corrected chi connectivity index (χ1v) is 9.07. The van der Waals surface area contributed by atoms with Gasteiger partial charge in [0.25, 0.3) is 0 Å². The number of carbonyl (C=O) groups is 1. The number of aromatic nitrogens is 1. The van der Waals surface area contributed by atoms with Gasteiger partial charge in [0.05, 0.1) is 24.3 Å².